The molecule has 1 atom stereocenters. The van der Waals surface area contributed by atoms with Gasteiger partial charge in [-0.25, -0.2) is 8.78 Å². The molecule has 9 heteroatoms. The van der Waals surface area contributed by atoms with E-state index in [1.54, 1.807) is 12.1 Å². The molecule has 0 saturated carbocycles. The normalized spacial score (nSPS) is 13.3. The SMILES string of the molecule is CCc1ccc(COc2ccc(OC(F)(F)C(F)C(F)(F)F)c(F)c2)cc1. The zero-order valence-corrected chi connectivity index (χ0v) is 14.0. The lowest BCUT2D eigenvalue weighted by Crippen LogP contribution is -2.45. The standard InChI is InChI=1S/C18H15F7O2/c1-2-11-3-5-12(6-4-11)10-26-13-7-8-15(14(19)9-13)27-18(24,25)16(20)17(21,22)23/h3-9,16H,2,10H2,1H3. The fourth-order valence-corrected chi connectivity index (χ4v) is 2.08. The van der Waals surface area contributed by atoms with Crippen LogP contribution in [0.5, 0.6) is 11.5 Å². The zero-order chi connectivity index (χ0) is 20.2. The quantitative estimate of drug-likeness (QED) is 0.548. The summed E-state index contributed by atoms with van der Waals surface area (Å²) < 4.78 is 98.1. The van der Waals surface area contributed by atoms with E-state index >= 15 is 0 Å². The molecule has 0 aliphatic carbocycles. The van der Waals surface area contributed by atoms with E-state index in [-0.39, 0.29) is 12.4 Å². The third kappa shape index (κ3) is 5.51. The number of rotatable bonds is 7. The summed E-state index contributed by atoms with van der Waals surface area (Å²) in [6.07, 6.45) is -14.9. The largest absolute Gasteiger partial charge is 0.489 e. The number of alkyl halides is 6. The molecule has 0 heterocycles. The molecule has 1 unspecified atom stereocenters. The third-order valence-corrected chi connectivity index (χ3v) is 3.57. The van der Waals surface area contributed by atoms with Gasteiger partial charge in [-0.15, -0.1) is 0 Å². The van der Waals surface area contributed by atoms with Gasteiger partial charge in [0.1, 0.15) is 12.4 Å². The van der Waals surface area contributed by atoms with Crippen LogP contribution in [0.15, 0.2) is 42.5 Å². The van der Waals surface area contributed by atoms with E-state index in [1.807, 2.05) is 19.1 Å². The molecule has 0 spiro atoms. The maximum absolute atomic E-state index is 13.8. The van der Waals surface area contributed by atoms with Crippen LogP contribution in [0.4, 0.5) is 30.7 Å². The van der Waals surface area contributed by atoms with Crippen molar-refractivity contribution >= 4 is 0 Å². The summed E-state index contributed by atoms with van der Waals surface area (Å²) in [4.78, 5) is 0. The molecule has 0 amide bonds. The third-order valence-electron chi connectivity index (χ3n) is 3.57. The summed E-state index contributed by atoms with van der Waals surface area (Å²) in [5.41, 5.74) is 1.88. The minimum absolute atomic E-state index is 0.0560. The van der Waals surface area contributed by atoms with Gasteiger partial charge in [-0.2, -0.15) is 22.0 Å². The van der Waals surface area contributed by atoms with Crippen LogP contribution < -0.4 is 9.47 Å². The van der Waals surface area contributed by atoms with Crippen molar-refractivity contribution in [3.05, 3.63) is 59.4 Å². The summed E-state index contributed by atoms with van der Waals surface area (Å²) in [5, 5.41) is 0. The van der Waals surface area contributed by atoms with Crippen LogP contribution in [0.3, 0.4) is 0 Å². The van der Waals surface area contributed by atoms with Gasteiger partial charge in [0.05, 0.1) is 0 Å². The van der Waals surface area contributed by atoms with E-state index in [0.29, 0.717) is 12.1 Å². The van der Waals surface area contributed by atoms with E-state index in [4.69, 9.17) is 4.74 Å². The molecule has 148 valence electrons. The Morgan fingerprint density at radius 1 is 0.926 bits per heavy atom. The summed E-state index contributed by atoms with van der Waals surface area (Å²) in [6, 6.07) is 9.68. The molecule has 0 fully saturated rings. The molecule has 27 heavy (non-hydrogen) atoms. The number of hydrogen-bond donors (Lipinski definition) is 0. The summed E-state index contributed by atoms with van der Waals surface area (Å²) in [6.45, 7) is 2.04. The maximum Gasteiger partial charge on any atom is 0.439 e. The fourth-order valence-electron chi connectivity index (χ4n) is 2.08. The number of hydrogen-bond acceptors (Lipinski definition) is 2. The van der Waals surface area contributed by atoms with Crippen LogP contribution >= 0.6 is 0 Å². The van der Waals surface area contributed by atoms with Crippen LogP contribution in [-0.2, 0) is 13.0 Å². The molecule has 0 aliphatic heterocycles. The summed E-state index contributed by atoms with van der Waals surface area (Å²) in [7, 11) is 0. The molecule has 0 aliphatic rings. The highest BCUT2D eigenvalue weighted by Crippen LogP contribution is 2.37. The molecule has 2 nitrogen and oxygen atoms in total. The second kappa shape index (κ2) is 8.06. The monoisotopic (exact) mass is 396 g/mol. The van der Waals surface area contributed by atoms with Crippen molar-refractivity contribution in [3.8, 4) is 11.5 Å². The van der Waals surface area contributed by atoms with Gasteiger partial charge in [0.2, 0.25) is 0 Å². The molecular formula is C18H15F7O2. The van der Waals surface area contributed by atoms with E-state index in [2.05, 4.69) is 4.74 Å². The highest BCUT2D eigenvalue weighted by atomic mass is 19.4. The highest BCUT2D eigenvalue weighted by Gasteiger charge is 2.59. The number of halogens is 7. The number of aryl methyl sites for hydroxylation is 1. The smallest absolute Gasteiger partial charge is 0.439 e. The van der Waals surface area contributed by atoms with Crippen LogP contribution in [-0.4, -0.2) is 18.5 Å². The average molecular weight is 396 g/mol. The Morgan fingerprint density at radius 2 is 1.52 bits per heavy atom. The lowest BCUT2D eigenvalue weighted by Gasteiger charge is -2.23. The van der Waals surface area contributed by atoms with Gasteiger partial charge in [0.25, 0.3) is 6.17 Å². The molecular weight excluding hydrogens is 381 g/mol. The van der Waals surface area contributed by atoms with Crippen molar-refractivity contribution in [3.63, 3.8) is 0 Å². The highest BCUT2D eigenvalue weighted by molar-refractivity contribution is 5.34. The van der Waals surface area contributed by atoms with E-state index in [0.717, 1.165) is 23.6 Å². The first-order valence-corrected chi connectivity index (χ1v) is 7.80. The van der Waals surface area contributed by atoms with Crippen LogP contribution in [0.2, 0.25) is 0 Å². The molecule has 0 bridgehead atoms. The molecule has 0 aromatic heterocycles. The van der Waals surface area contributed by atoms with Gasteiger partial charge in [-0.05, 0) is 29.7 Å². The fraction of sp³-hybridized carbons (Fsp3) is 0.333. The van der Waals surface area contributed by atoms with Crippen LogP contribution in [0, 0.1) is 5.82 Å². The Labute approximate surface area is 150 Å². The minimum atomic E-state index is -5.85. The van der Waals surface area contributed by atoms with Crippen LogP contribution in [0.25, 0.3) is 0 Å². The van der Waals surface area contributed by atoms with Gasteiger partial charge in [-0.3, -0.25) is 0 Å². The van der Waals surface area contributed by atoms with Crippen molar-refractivity contribution < 1.29 is 40.2 Å². The molecule has 2 aromatic rings. The molecule has 0 saturated heterocycles. The average Bonchev–Trinajstić information content (AvgIpc) is 2.61. The molecule has 0 N–H and O–H groups in total. The van der Waals surface area contributed by atoms with Gasteiger partial charge in [-0.1, -0.05) is 31.2 Å². The molecule has 2 rings (SSSR count). The maximum atomic E-state index is 13.8. The predicted octanol–water partition coefficient (Wildman–Crippen LogP) is 5.84. The summed E-state index contributed by atoms with van der Waals surface area (Å²) >= 11 is 0. The zero-order valence-electron chi connectivity index (χ0n) is 14.0. The van der Waals surface area contributed by atoms with Gasteiger partial charge in [0.15, 0.2) is 11.6 Å². The van der Waals surface area contributed by atoms with Crippen molar-refractivity contribution in [1.29, 1.82) is 0 Å². The van der Waals surface area contributed by atoms with Crippen molar-refractivity contribution in [2.75, 3.05) is 0 Å². The van der Waals surface area contributed by atoms with E-state index in [9.17, 15) is 30.7 Å². The van der Waals surface area contributed by atoms with E-state index in [1.165, 1.54) is 0 Å². The van der Waals surface area contributed by atoms with Gasteiger partial charge < -0.3 is 9.47 Å². The van der Waals surface area contributed by atoms with Crippen molar-refractivity contribution in [2.45, 2.75) is 38.4 Å². The van der Waals surface area contributed by atoms with E-state index < -0.39 is 30.0 Å². The first-order chi connectivity index (χ1) is 12.5. The summed E-state index contributed by atoms with van der Waals surface area (Å²) in [5.74, 6) is -2.70. The Kier molecular flexibility index (Phi) is 6.22. The Bertz CT molecular complexity index is 757. The Morgan fingerprint density at radius 3 is 2.04 bits per heavy atom. The predicted molar refractivity (Wildman–Crippen MR) is 83.1 cm³/mol. The Hall–Kier alpha value is -2.45. The second-order valence-corrected chi connectivity index (χ2v) is 5.62. The molecule has 2 aromatic carbocycles. The first-order valence-electron chi connectivity index (χ1n) is 7.80. The minimum Gasteiger partial charge on any atom is -0.489 e. The second-order valence-electron chi connectivity index (χ2n) is 5.62. The van der Waals surface area contributed by atoms with Crippen molar-refractivity contribution in [1.82, 2.24) is 0 Å². The first kappa shape index (κ1) is 20.9. The van der Waals surface area contributed by atoms with Crippen LogP contribution in [0.1, 0.15) is 18.1 Å². The molecule has 0 radical (unpaired) electrons. The topological polar surface area (TPSA) is 18.5 Å². The van der Waals surface area contributed by atoms with Crippen molar-refractivity contribution in [2.24, 2.45) is 0 Å². The Balaban J connectivity index is 2.04. The lowest BCUT2D eigenvalue weighted by molar-refractivity contribution is -0.305. The van der Waals surface area contributed by atoms with Gasteiger partial charge >= 0.3 is 12.3 Å². The lowest BCUT2D eigenvalue weighted by atomic mass is 10.1. The number of ether oxygens (including phenoxy) is 2. The number of benzene rings is 2. The van der Waals surface area contributed by atoms with Gasteiger partial charge in [0, 0.05) is 6.07 Å².